The molecule has 1 aliphatic rings. The summed E-state index contributed by atoms with van der Waals surface area (Å²) in [7, 11) is -0.655. The third kappa shape index (κ3) is 6.44. The number of rotatable bonds is 10. The Morgan fingerprint density at radius 3 is 2.25 bits per heavy atom. The maximum absolute atomic E-state index is 13.0. The highest BCUT2D eigenvalue weighted by atomic mass is 16.7. The highest BCUT2D eigenvalue weighted by Crippen LogP contribution is 2.36. The third-order valence-corrected chi connectivity index (χ3v) is 6.29. The topological polar surface area (TPSA) is 120 Å². The second-order valence-corrected chi connectivity index (χ2v) is 9.49. The second-order valence-electron chi connectivity index (χ2n) is 9.49. The first kappa shape index (κ1) is 27.2. The van der Waals surface area contributed by atoms with Gasteiger partial charge >= 0.3 is 19.1 Å². The van der Waals surface area contributed by atoms with E-state index >= 15 is 0 Å². The van der Waals surface area contributed by atoms with Gasteiger partial charge in [-0.15, -0.1) is 0 Å². The number of ether oxygens (including phenoxy) is 2. The minimum atomic E-state index is -1.47. The first-order chi connectivity index (χ1) is 16.9. The van der Waals surface area contributed by atoms with Crippen LogP contribution in [0.1, 0.15) is 57.0 Å². The van der Waals surface area contributed by atoms with Crippen molar-refractivity contribution in [2.45, 2.75) is 64.9 Å². The van der Waals surface area contributed by atoms with Crippen molar-refractivity contribution in [3.63, 3.8) is 0 Å². The zero-order valence-corrected chi connectivity index (χ0v) is 21.2. The lowest BCUT2D eigenvalue weighted by molar-refractivity contribution is -0.150. The average Bonchev–Trinajstić information content (AvgIpc) is 3.04. The Morgan fingerprint density at radius 1 is 1.03 bits per heavy atom. The minimum absolute atomic E-state index is 0.00876. The monoisotopic (exact) mass is 497 g/mol. The average molecular weight is 497 g/mol. The number of carbonyl (C=O) groups excluding carboxylic acids is 2. The fraction of sp³-hybridized carbons (Fsp3) is 0.423. The summed E-state index contributed by atoms with van der Waals surface area (Å²) in [4.78, 5) is 37.0. The van der Waals surface area contributed by atoms with Gasteiger partial charge in [0, 0.05) is 0 Å². The van der Waals surface area contributed by atoms with E-state index < -0.39 is 48.6 Å². The lowest BCUT2D eigenvalue weighted by atomic mass is 9.78. The van der Waals surface area contributed by atoms with Crippen LogP contribution in [0.2, 0.25) is 0 Å². The molecular weight excluding hydrogens is 465 g/mol. The van der Waals surface area contributed by atoms with Gasteiger partial charge in [-0.3, -0.25) is 9.59 Å². The van der Waals surface area contributed by atoms with E-state index in [1.807, 2.05) is 33.8 Å². The molecule has 3 rings (SSSR count). The second kappa shape index (κ2) is 11.1. The molecule has 2 N–H and O–H groups in total. The van der Waals surface area contributed by atoms with E-state index in [-0.39, 0.29) is 24.5 Å². The van der Waals surface area contributed by atoms with Crippen molar-refractivity contribution in [1.29, 1.82) is 0 Å². The molecule has 10 heteroatoms. The van der Waals surface area contributed by atoms with E-state index in [0.29, 0.717) is 5.46 Å². The summed E-state index contributed by atoms with van der Waals surface area (Å²) in [6.45, 7) is 9.82. The molecule has 1 heterocycles. The molecule has 1 atom stereocenters. The number of benzene rings is 2. The lowest BCUT2D eigenvalue weighted by Gasteiger charge is -2.32. The summed E-state index contributed by atoms with van der Waals surface area (Å²) in [6.07, 6.45) is -0.524. The van der Waals surface area contributed by atoms with Gasteiger partial charge in [-0.05, 0) is 57.8 Å². The molecule has 36 heavy (non-hydrogen) atoms. The zero-order valence-electron chi connectivity index (χ0n) is 21.2. The third-order valence-electron chi connectivity index (χ3n) is 6.29. The van der Waals surface area contributed by atoms with Gasteiger partial charge in [0.1, 0.15) is 18.4 Å². The maximum Gasteiger partial charge on any atom is 0.494 e. The van der Waals surface area contributed by atoms with E-state index in [2.05, 4.69) is 5.32 Å². The molecule has 0 radical (unpaired) electrons. The molecule has 9 nitrogen and oxygen atoms in total. The Kier molecular flexibility index (Phi) is 8.42. The standard InChI is InChI=1S/C26H32BNO8/c1-6-33-21-14-18(27-35-25(2,3)26(4,5)36-27)12-13-19(21)23(30)28-20(24(31)32)15-22(29)34-16-17-10-8-7-9-11-17/h7-14,20H,6,15-16H2,1-5H3,(H,28,30)(H,31,32). The van der Waals surface area contributed by atoms with Crippen molar-refractivity contribution in [2.24, 2.45) is 0 Å². The molecule has 1 amide bonds. The molecule has 2 aromatic rings. The summed E-state index contributed by atoms with van der Waals surface area (Å²) >= 11 is 0. The molecular formula is C26H32BNO8. The van der Waals surface area contributed by atoms with Crippen molar-refractivity contribution in [1.82, 2.24) is 5.32 Å². The van der Waals surface area contributed by atoms with Crippen LogP contribution in [0.4, 0.5) is 0 Å². The number of carboxylic acids is 1. The first-order valence-electron chi connectivity index (χ1n) is 11.8. The van der Waals surface area contributed by atoms with Crippen LogP contribution in [0.25, 0.3) is 0 Å². The van der Waals surface area contributed by atoms with Crippen LogP contribution in [-0.4, -0.2) is 53.9 Å². The first-order valence-corrected chi connectivity index (χ1v) is 11.8. The molecule has 1 fully saturated rings. The number of esters is 1. The maximum atomic E-state index is 13.0. The highest BCUT2D eigenvalue weighted by molar-refractivity contribution is 6.62. The van der Waals surface area contributed by atoms with Crippen molar-refractivity contribution in [2.75, 3.05) is 6.61 Å². The molecule has 2 aromatic carbocycles. The number of hydrogen-bond acceptors (Lipinski definition) is 7. The Labute approximate surface area is 211 Å². The Balaban J connectivity index is 1.70. The number of amides is 1. The molecule has 0 aliphatic carbocycles. The Hall–Kier alpha value is -3.37. The SMILES string of the molecule is CCOc1cc(B2OC(C)(C)C(C)(C)O2)ccc1C(=O)NC(CC(=O)OCc1ccccc1)C(=O)O. The van der Waals surface area contributed by atoms with Crippen molar-refractivity contribution in [3.8, 4) is 5.75 Å². The molecule has 0 bridgehead atoms. The number of aliphatic carboxylic acids is 1. The summed E-state index contributed by atoms with van der Waals surface area (Å²) in [5, 5.41) is 12.0. The minimum Gasteiger partial charge on any atom is -0.493 e. The van der Waals surface area contributed by atoms with Gasteiger partial charge in [-0.25, -0.2) is 4.79 Å². The van der Waals surface area contributed by atoms with Crippen LogP contribution in [0.5, 0.6) is 5.75 Å². The van der Waals surface area contributed by atoms with Gasteiger partial charge in [0.25, 0.3) is 5.91 Å². The fourth-order valence-corrected chi connectivity index (χ4v) is 3.53. The van der Waals surface area contributed by atoms with E-state index in [1.54, 1.807) is 43.3 Å². The molecule has 192 valence electrons. The van der Waals surface area contributed by atoms with Crippen molar-refractivity contribution < 1.29 is 38.3 Å². The van der Waals surface area contributed by atoms with Crippen LogP contribution in [0.15, 0.2) is 48.5 Å². The van der Waals surface area contributed by atoms with Gasteiger partial charge in [-0.1, -0.05) is 36.4 Å². The molecule has 1 aliphatic heterocycles. The fourth-order valence-electron chi connectivity index (χ4n) is 3.53. The summed E-state index contributed by atoms with van der Waals surface area (Å²) < 4.78 is 23.0. The Morgan fingerprint density at radius 2 is 1.67 bits per heavy atom. The van der Waals surface area contributed by atoms with Gasteiger partial charge in [0.05, 0.1) is 29.8 Å². The predicted molar refractivity (Wildman–Crippen MR) is 133 cm³/mol. The van der Waals surface area contributed by atoms with Crippen LogP contribution in [-0.2, 0) is 30.2 Å². The van der Waals surface area contributed by atoms with E-state index in [9.17, 15) is 19.5 Å². The van der Waals surface area contributed by atoms with Gasteiger partial charge < -0.3 is 29.2 Å². The molecule has 1 unspecified atom stereocenters. The van der Waals surface area contributed by atoms with Crippen LogP contribution >= 0.6 is 0 Å². The van der Waals surface area contributed by atoms with Crippen molar-refractivity contribution >= 4 is 30.4 Å². The summed E-state index contributed by atoms with van der Waals surface area (Å²) in [5.41, 5.74) is 0.478. The van der Waals surface area contributed by atoms with Gasteiger partial charge in [-0.2, -0.15) is 0 Å². The number of carboxylic acid groups (broad SMARTS) is 1. The van der Waals surface area contributed by atoms with E-state index in [1.165, 1.54) is 6.07 Å². The van der Waals surface area contributed by atoms with Crippen molar-refractivity contribution in [3.05, 3.63) is 59.7 Å². The highest BCUT2D eigenvalue weighted by Gasteiger charge is 2.51. The Bertz CT molecular complexity index is 1090. The normalized spacial score (nSPS) is 16.8. The summed E-state index contributed by atoms with van der Waals surface area (Å²) in [5.74, 6) is -2.54. The van der Waals surface area contributed by atoms with Crippen LogP contribution in [0.3, 0.4) is 0 Å². The van der Waals surface area contributed by atoms with Gasteiger partial charge in [0.2, 0.25) is 0 Å². The van der Waals surface area contributed by atoms with Crippen LogP contribution < -0.4 is 15.5 Å². The smallest absolute Gasteiger partial charge is 0.493 e. The van der Waals surface area contributed by atoms with Crippen LogP contribution in [0, 0.1) is 0 Å². The zero-order chi connectivity index (χ0) is 26.5. The van der Waals surface area contributed by atoms with Gasteiger partial charge in [0.15, 0.2) is 0 Å². The number of nitrogens with one attached hydrogen (secondary N) is 1. The molecule has 0 spiro atoms. The molecule has 1 saturated heterocycles. The molecule has 0 saturated carbocycles. The largest absolute Gasteiger partial charge is 0.494 e. The predicted octanol–water partition coefficient (Wildman–Crippen LogP) is 2.70. The molecule has 0 aromatic heterocycles. The number of hydrogen-bond donors (Lipinski definition) is 2. The van der Waals surface area contributed by atoms with E-state index in [0.717, 1.165) is 5.56 Å². The quantitative estimate of drug-likeness (QED) is 0.380. The summed E-state index contributed by atoms with van der Waals surface area (Å²) in [6, 6.07) is 12.4. The lowest BCUT2D eigenvalue weighted by Crippen LogP contribution is -2.43. The van der Waals surface area contributed by atoms with E-state index in [4.69, 9.17) is 18.8 Å². The number of carbonyl (C=O) groups is 3.